The van der Waals surface area contributed by atoms with Crippen LogP contribution < -0.4 is 20.0 Å². The monoisotopic (exact) mass is 584 g/mol. The maximum Gasteiger partial charge on any atom is 0.254 e. The number of pyridine rings is 1. The van der Waals surface area contributed by atoms with E-state index in [4.69, 9.17) is 9.97 Å². The molecule has 0 radical (unpaired) electrons. The fraction of sp³-hybridized carbons (Fsp3) is 0.452. The van der Waals surface area contributed by atoms with Crippen LogP contribution in [0.15, 0.2) is 42.9 Å². The van der Waals surface area contributed by atoms with E-state index in [1.165, 1.54) is 6.07 Å². The number of likely N-dealkylation sites (N-methyl/N-ethyl adjacent to an activating group) is 1. The van der Waals surface area contributed by atoms with Gasteiger partial charge in [-0.05, 0) is 69.8 Å². The summed E-state index contributed by atoms with van der Waals surface area (Å²) in [6, 6.07) is 6.92. The number of aromatic nitrogens is 5. The Hall–Kier alpha value is -4.32. The highest BCUT2D eigenvalue weighted by atomic mass is 19.1. The molecule has 1 aliphatic carbocycles. The summed E-state index contributed by atoms with van der Waals surface area (Å²) in [5.41, 5.74) is 2.18. The maximum atomic E-state index is 14.7. The number of anilines is 6. The Balaban J connectivity index is 1.24. The second-order valence-corrected chi connectivity index (χ2v) is 12.2. The van der Waals surface area contributed by atoms with Crippen LogP contribution in [0.5, 0.6) is 0 Å². The Morgan fingerprint density at radius 3 is 2.51 bits per heavy atom. The van der Waals surface area contributed by atoms with Crippen LogP contribution in [0, 0.1) is 11.7 Å². The van der Waals surface area contributed by atoms with E-state index >= 15 is 0 Å². The summed E-state index contributed by atoms with van der Waals surface area (Å²) in [5, 5.41) is 10.5. The van der Waals surface area contributed by atoms with Crippen LogP contribution in [0.3, 0.4) is 0 Å². The highest BCUT2D eigenvalue weighted by molar-refractivity contribution is 6.09. The Morgan fingerprint density at radius 2 is 1.77 bits per heavy atom. The number of fused-ring (bicyclic) bond motifs is 2. The lowest BCUT2D eigenvalue weighted by atomic mass is 9.85. The molecule has 11 nitrogen and oxygen atoms in total. The predicted molar refractivity (Wildman–Crippen MR) is 166 cm³/mol. The summed E-state index contributed by atoms with van der Waals surface area (Å²) < 4.78 is 14.7. The van der Waals surface area contributed by atoms with E-state index < -0.39 is 11.9 Å². The zero-order valence-corrected chi connectivity index (χ0v) is 24.8. The smallest absolute Gasteiger partial charge is 0.254 e. The summed E-state index contributed by atoms with van der Waals surface area (Å²) in [6.45, 7) is 8.06. The first-order valence-corrected chi connectivity index (χ1v) is 15.1. The summed E-state index contributed by atoms with van der Waals surface area (Å²) in [4.78, 5) is 36.8. The molecule has 1 amide bonds. The molecule has 7 rings (SSSR count). The topological polar surface area (TPSA) is 109 Å². The van der Waals surface area contributed by atoms with E-state index in [1.54, 1.807) is 29.6 Å². The highest BCUT2D eigenvalue weighted by Gasteiger charge is 2.42. The molecule has 2 fully saturated rings. The summed E-state index contributed by atoms with van der Waals surface area (Å²) >= 11 is 0. The predicted octanol–water partition coefficient (Wildman–Crippen LogP) is 4.83. The van der Waals surface area contributed by atoms with Gasteiger partial charge in [0, 0.05) is 43.3 Å². The molecule has 3 aliphatic rings. The molecule has 0 unspecified atom stereocenters. The number of carbonyl (C=O) groups is 1. The number of rotatable bonds is 5. The first-order chi connectivity index (χ1) is 20.9. The van der Waals surface area contributed by atoms with E-state index in [2.05, 4.69) is 49.2 Å². The molecule has 224 valence electrons. The lowest BCUT2D eigenvalue weighted by molar-refractivity contribution is -0.119. The number of hydrogen-bond donors (Lipinski definition) is 2. The number of aromatic amines is 1. The third-order valence-electron chi connectivity index (χ3n) is 9.18. The average molecular weight is 585 g/mol. The normalized spacial score (nSPS) is 23.1. The molecule has 3 aromatic heterocycles. The number of amides is 1. The standard InChI is InChI=1S/C31H37FN10O/c1-19-4-6-23(7-5-19)41-20(2)30(43)42(24-8-9-27(33-17-24)40-12-10-39(3)11-13-40)26-18-34-31(37-29(26)41)36-22-14-21-16-35-38-28(21)25(32)15-22/h8-9,14-20,23H,4-7,10-13H2,1-3H3,(H,35,38)(H,34,36,37)/t19?,20-,23?/m1/s1. The third kappa shape index (κ3) is 5.13. The van der Waals surface area contributed by atoms with Crippen LogP contribution in [0.25, 0.3) is 10.9 Å². The van der Waals surface area contributed by atoms with Crippen molar-refractivity contribution in [1.29, 1.82) is 0 Å². The zero-order chi connectivity index (χ0) is 29.7. The van der Waals surface area contributed by atoms with Gasteiger partial charge >= 0.3 is 0 Å². The highest BCUT2D eigenvalue weighted by Crippen LogP contribution is 2.43. The van der Waals surface area contributed by atoms with Gasteiger partial charge in [-0.3, -0.25) is 14.8 Å². The van der Waals surface area contributed by atoms with Crippen LogP contribution in [0.4, 0.5) is 39.0 Å². The lowest BCUT2D eigenvalue weighted by Gasteiger charge is -2.46. The fourth-order valence-electron chi connectivity index (χ4n) is 6.61. The number of H-pyrrole nitrogens is 1. The fourth-order valence-corrected chi connectivity index (χ4v) is 6.61. The minimum Gasteiger partial charge on any atom is -0.354 e. The third-order valence-corrected chi connectivity index (χ3v) is 9.18. The van der Waals surface area contributed by atoms with Crippen LogP contribution >= 0.6 is 0 Å². The van der Waals surface area contributed by atoms with E-state index in [-0.39, 0.29) is 11.9 Å². The van der Waals surface area contributed by atoms with E-state index in [9.17, 15) is 9.18 Å². The van der Waals surface area contributed by atoms with Crippen molar-refractivity contribution in [1.82, 2.24) is 30.0 Å². The molecule has 1 aromatic carbocycles. The first kappa shape index (κ1) is 27.5. The quantitative estimate of drug-likeness (QED) is 0.341. The summed E-state index contributed by atoms with van der Waals surface area (Å²) in [7, 11) is 2.13. The molecule has 1 saturated carbocycles. The molecule has 0 spiro atoms. The van der Waals surface area contributed by atoms with Gasteiger partial charge in [-0.2, -0.15) is 10.1 Å². The number of halogens is 1. The van der Waals surface area contributed by atoms with Crippen molar-refractivity contribution in [2.75, 3.05) is 53.2 Å². The average Bonchev–Trinajstić information content (AvgIpc) is 3.49. The maximum absolute atomic E-state index is 14.7. The van der Waals surface area contributed by atoms with Gasteiger partial charge in [0.1, 0.15) is 23.1 Å². The van der Waals surface area contributed by atoms with Crippen LogP contribution in [-0.2, 0) is 4.79 Å². The van der Waals surface area contributed by atoms with Crippen LogP contribution in [-0.4, -0.2) is 81.3 Å². The van der Waals surface area contributed by atoms with Crippen molar-refractivity contribution in [3.8, 4) is 0 Å². The largest absolute Gasteiger partial charge is 0.354 e. The molecule has 2 aliphatic heterocycles. The van der Waals surface area contributed by atoms with Crippen molar-refractivity contribution >= 4 is 51.5 Å². The molecule has 12 heteroatoms. The minimum absolute atomic E-state index is 0.0305. The Kier molecular flexibility index (Phi) is 7.08. The van der Waals surface area contributed by atoms with Crippen molar-refractivity contribution in [3.05, 3.63) is 48.7 Å². The molecule has 1 atom stereocenters. The number of nitrogens with zero attached hydrogens (tertiary/aromatic N) is 8. The van der Waals surface area contributed by atoms with Gasteiger partial charge in [-0.1, -0.05) is 6.92 Å². The minimum atomic E-state index is -0.425. The molecular formula is C31H37FN10O. The van der Waals surface area contributed by atoms with Crippen molar-refractivity contribution in [2.24, 2.45) is 5.92 Å². The first-order valence-electron chi connectivity index (χ1n) is 15.1. The summed E-state index contributed by atoms with van der Waals surface area (Å²) in [6.07, 6.45) is 9.25. The van der Waals surface area contributed by atoms with Crippen molar-refractivity contribution in [3.63, 3.8) is 0 Å². The van der Waals surface area contributed by atoms with Crippen LogP contribution in [0.1, 0.15) is 39.5 Å². The lowest BCUT2D eigenvalue weighted by Crippen LogP contribution is -2.55. The van der Waals surface area contributed by atoms with Gasteiger partial charge < -0.3 is 20.0 Å². The van der Waals surface area contributed by atoms with Gasteiger partial charge in [0.2, 0.25) is 5.95 Å². The van der Waals surface area contributed by atoms with Gasteiger partial charge in [0.05, 0.1) is 24.3 Å². The number of nitrogens with one attached hydrogen (secondary N) is 2. The second kappa shape index (κ2) is 11.1. The Labute approximate surface area is 250 Å². The van der Waals surface area contributed by atoms with Crippen molar-refractivity contribution < 1.29 is 9.18 Å². The van der Waals surface area contributed by atoms with Crippen molar-refractivity contribution in [2.45, 2.75) is 51.6 Å². The number of carbonyl (C=O) groups excluding carboxylic acids is 1. The van der Waals surface area contributed by atoms with E-state index in [0.717, 1.165) is 57.7 Å². The van der Waals surface area contributed by atoms with Crippen LogP contribution in [0.2, 0.25) is 0 Å². The number of piperazine rings is 1. The molecular weight excluding hydrogens is 547 g/mol. The molecule has 0 bridgehead atoms. The molecule has 1 saturated heterocycles. The Morgan fingerprint density at radius 1 is 0.977 bits per heavy atom. The molecule has 2 N–H and O–H groups in total. The molecule has 43 heavy (non-hydrogen) atoms. The number of hydrogen-bond acceptors (Lipinski definition) is 9. The molecule has 4 aromatic rings. The van der Waals surface area contributed by atoms with Gasteiger partial charge in [0.25, 0.3) is 5.91 Å². The SMILES string of the molecule is CC1CCC(N2c3nc(Nc4cc(F)c5[nH]ncc5c4)ncc3N(c3ccc(N4CCN(C)CC4)nc3)C(=O)[C@H]2C)CC1. The van der Waals surface area contributed by atoms with E-state index in [1.807, 2.05) is 19.1 Å². The molecule has 5 heterocycles. The van der Waals surface area contributed by atoms with Gasteiger partial charge in [-0.15, -0.1) is 0 Å². The van der Waals surface area contributed by atoms with Gasteiger partial charge in [-0.25, -0.2) is 14.4 Å². The zero-order valence-electron chi connectivity index (χ0n) is 24.8. The summed E-state index contributed by atoms with van der Waals surface area (Å²) in [5.74, 6) is 2.16. The Bertz CT molecular complexity index is 1630. The number of benzene rings is 1. The second-order valence-electron chi connectivity index (χ2n) is 12.2. The van der Waals surface area contributed by atoms with Gasteiger partial charge in [0.15, 0.2) is 11.6 Å². The van der Waals surface area contributed by atoms with E-state index in [0.29, 0.717) is 45.6 Å².